The molecular formula is C18H24FN3O3. The van der Waals surface area contributed by atoms with Gasteiger partial charge in [-0.05, 0) is 31.0 Å². The second-order valence-corrected chi connectivity index (χ2v) is 6.46. The van der Waals surface area contributed by atoms with Crippen molar-refractivity contribution >= 4 is 11.8 Å². The molecule has 0 aliphatic carbocycles. The summed E-state index contributed by atoms with van der Waals surface area (Å²) < 4.78 is 19.1. The van der Waals surface area contributed by atoms with Crippen LogP contribution in [0.2, 0.25) is 0 Å². The zero-order valence-corrected chi connectivity index (χ0v) is 14.2. The number of rotatable bonds is 5. The van der Waals surface area contributed by atoms with E-state index in [1.807, 2.05) is 0 Å². The van der Waals surface area contributed by atoms with Gasteiger partial charge in [-0.3, -0.25) is 9.59 Å². The fourth-order valence-electron chi connectivity index (χ4n) is 3.23. The van der Waals surface area contributed by atoms with Gasteiger partial charge in [-0.2, -0.15) is 0 Å². The van der Waals surface area contributed by atoms with E-state index < -0.39 is 5.82 Å². The zero-order valence-electron chi connectivity index (χ0n) is 14.2. The van der Waals surface area contributed by atoms with E-state index in [4.69, 9.17) is 4.74 Å². The first kappa shape index (κ1) is 17.8. The third-order valence-corrected chi connectivity index (χ3v) is 4.60. The van der Waals surface area contributed by atoms with Crippen molar-refractivity contribution in [3.63, 3.8) is 0 Å². The average Bonchev–Trinajstić information content (AvgIpc) is 3.14. The summed E-state index contributed by atoms with van der Waals surface area (Å²) in [6.07, 6.45) is 1.76. The number of piperazine rings is 1. The van der Waals surface area contributed by atoms with Crippen LogP contribution in [0.15, 0.2) is 24.3 Å². The molecule has 2 fully saturated rings. The van der Waals surface area contributed by atoms with E-state index in [0.717, 1.165) is 25.9 Å². The van der Waals surface area contributed by atoms with Crippen molar-refractivity contribution in [3.8, 4) is 0 Å². The number of carbonyl (C=O) groups excluding carboxylic acids is 2. The standard InChI is InChI=1S/C18H24FN3O3/c19-15-4-1-3-14(11-15)18(24)22(12-16-5-2-10-25-16)13-17(23)21-8-6-20-7-9-21/h1,3-4,11,16,20H,2,5-10,12-13H2. The van der Waals surface area contributed by atoms with Gasteiger partial charge in [0.05, 0.1) is 6.10 Å². The number of hydrogen-bond acceptors (Lipinski definition) is 4. The van der Waals surface area contributed by atoms with Gasteiger partial charge in [0.25, 0.3) is 5.91 Å². The number of benzene rings is 1. The van der Waals surface area contributed by atoms with Crippen LogP contribution in [-0.4, -0.2) is 73.6 Å². The molecule has 0 saturated carbocycles. The molecule has 7 heteroatoms. The molecule has 1 N–H and O–H groups in total. The van der Waals surface area contributed by atoms with Gasteiger partial charge in [-0.15, -0.1) is 0 Å². The van der Waals surface area contributed by atoms with Crippen LogP contribution >= 0.6 is 0 Å². The molecule has 0 spiro atoms. The van der Waals surface area contributed by atoms with Crippen LogP contribution in [0.4, 0.5) is 4.39 Å². The molecule has 2 aliphatic heterocycles. The molecule has 6 nitrogen and oxygen atoms in total. The quantitative estimate of drug-likeness (QED) is 0.857. The number of amides is 2. The van der Waals surface area contributed by atoms with Crippen molar-refractivity contribution in [3.05, 3.63) is 35.6 Å². The molecule has 1 atom stereocenters. The fraction of sp³-hybridized carbons (Fsp3) is 0.556. The van der Waals surface area contributed by atoms with E-state index in [0.29, 0.717) is 26.2 Å². The van der Waals surface area contributed by atoms with Crippen LogP contribution in [0, 0.1) is 5.82 Å². The lowest BCUT2D eigenvalue weighted by Crippen LogP contribution is -2.51. The smallest absolute Gasteiger partial charge is 0.254 e. The third-order valence-electron chi connectivity index (χ3n) is 4.60. The molecule has 1 aromatic rings. The van der Waals surface area contributed by atoms with Crippen molar-refractivity contribution in [2.75, 3.05) is 45.9 Å². The number of carbonyl (C=O) groups is 2. The van der Waals surface area contributed by atoms with Gasteiger partial charge in [-0.25, -0.2) is 4.39 Å². The first-order valence-electron chi connectivity index (χ1n) is 8.78. The van der Waals surface area contributed by atoms with Crippen LogP contribution in [0.5, 0.6) is 0 Å². The van der Waals surface area contributed by atoms with Crippen molar-refractivity contribution < 1.29 is 18.7 Å². The maximum Gasteiger partial charge on any atom is 0.254 e. The van der Waals surface area contributed by atoms with Crippen LogP contribution in [0.25, 0.3) is 0 Å². The van der Waals surface area contributed by atoms with Gasteiger partial charge in [0.15, 0.2) is 0 Å². The topological polar surface area (TPSA) is 61.9 Å². The number of nitrogens with one attached hydrogen (secondary N) is 1. The van der Waals surface area contributed by atoms with Crippen molar-refractivity contribution in [2.45, 2.75) is 18.9 Å². The zero-order chi connectivity index (χ0) is 17.6. The molecule has 2 aliphatic rings. The number of halogens is 1. The van der Waals surface area contributed by atoms with Gasteiger partial charge >= 0.3 is 0 Å². The fourth-order valence-corrected chi connectivity index (χ4v) is 3.23. The number of nitrogens with zero attached hydrogens (tertiary/aromatic N) is 2. The lowest BCUT2D eigenvalue weighted by Gasteiger charge is -2.31. The highest BCUT2D eigenvalue weighted by molar-refractivity contribution is 5.96. The molecular weight excluding hydrogens is 325 g/mol. The van der Waals surface area contributed by atoms with E-state index in [-0.39, 0.29) is 30.0 Å². The molecule has 0 bridgehead atoms. The maximum absolute atomic E-state index is 13.5. The molecule has 3 rings (SSSR count). The van der Waals surface area contributed by atoms with Crippen molar-refractivity contribution in [2.24, 2.45) is 0 Å². The van der Waals surface area contributed by atoms with E-state index >= 15 is 0 Å². The molecule has 2 amide bonds. The van der Waals surface area contributed by atoms with Gasteiger partial charge in [0.2, 0.25) is 5.91 Å². The van der Waals surface area contributed by atoms with Gasteiger partial charge in [0.1, 0.15) is 12.4 Å². The summed E-state index contributed by atoms with van der Waals surface area (Å²) >= 11 is 0. The summed E-state index contributed by atoms with van der Waals surface area (Å²) in [7, 11) is 0. The Morgan fingerprint density at radius 1 is 1.32 bits per heavy atom. The predicted molar refractivity (Wildman–Crippen MR) is 90.7 cm³/mol. The molecule has 0 radical (unpaired) electrons. The summed E-state index contributed by atoms with van der Waals surface area (Å²) in [6, 6.07) is 5.58. The third kappa shape index (κ3) is 4.76. The highest BCUT2D eigenvalue weighted by Crippen LogP contribution is 2.16. The number of hydrogen-bond donors (Lipinski definition) is 1. The summed E-state index contributed by atoms with van der Waals surface area (Å²) in [5.41, 5.74) is 0.256. The second-order valence-electron chi connectivity index (χ2n) is 6.46. The van der Waals surface area contributed by atoms with E-state index in [1.165, 1.54) is 23.1 Å². The molecule has 2 heterocycles. The SMILES string of the molecule is O=C(CN(CC1CCCO1)C(=O)c1cccc(F)c1)N1CCNCC1. The van der Waals surface area contributed by atoms with E-state index in [1.54, 1.807) is 11.0 Å². The van der Waals surface area contributed by atoms with E-state index in [9.17, 15) is 14.0 Å². The lowest BCUT2D eigenvalue weighted by atomic mass is 10.1. The van der Waals surface area contributed by atoms with Crippen LogP contribution in [0.1, 0.15) is 23.2 Å². The van der Waals surface area contributed by atoms with Gasteiger partial charge in [-0.1, -0.05) is 6.07 Å². The Hall–Kier alpha value is -1.99. The molecule has 2 saturated heterocycles. The van der Waals surface area contributed by atoms with Crippen molar-refractivity contribution in [1.82, 2.24) is 15.1 Å². The Labute approximate surface area is 146 Å². The molecule has 136 valence electrons. The Balaban J connectivity index is 1.71. The average molecular weight is 349 g/mol. The normalized spacial score (nSPS) is 20.5. The summed E-state index contributed by atoms with van der Waals surface area (Å²) in [5.74, 6) is -0.876. The Morgan fingerprint density at radius 2 is 2.12 bits per heavy atom. The van der Waals surface area contributed by atoms with Crippen LogP contribution in [-0.2, 0) is 9.53 Å². The van der Waals surface area contributed by atoms with Crippen LogP contribution in [0.3, 0.4) is 0 Å². The highest BCUT2D eigenvalue weighted by Gasteiger charge is 2.27. The maximum atomic E-state index is 13.5. The Bertz CT molecular complexity index is 613. The summed E-state index contributed by atoms with van der Waals surface area (Å²) in [6.45, 7) is 3.83. The molecule has 1 unspecified atom stereocenters. The van der Waals surface area contributed by atoms with Crippen LogP contribution < -0.4 is 5.32 Å². The largest absolute Gasteiger partial charge is 0.376 e. The molecule has 0 aromatic heterocycles. The highest BCUT2D eigenvalue weighted by atomic mass is 19.1. The van der Waals surface area contributed by atoms with E-state index in [2.05, 4.69) is 5.32 Å². The minimum Gasteiger partial charge on any atom is -0.376 e. The van der Waals surface area contributed by atoms with Gasteiger partial charge in [0, 0.05) is 44.9 Å². The number of ether oxygens (including phenoxy) is 1. The Morgan fingerprint density at radius 3 is 2.80 bits per heavy atom. The second kappa shape index (κ2) is 8.40. The predicted octanol–water partition coefficient (Wildman–Crippen LogP) is 0.879. The molecule has 25 heavy (non-hydrogen) atoms. The monoisotopic (exact) mass is 349 g/mol. The van der Waals surface area contributed by atoms with Crippen molar-refractivity contribution in [1.29, 1.82) is 0 Å². The first-order valence-corrected chi connectivity index (χ1v) is 8.78. The summed E-state index contributed by atoms with van der Waals surface area (Å²) in [5, 5.41) is 3.20. The first-order chi connectivity index (χ1) is 12.1. The summed E-state index contributed by atoms with van der Waals surface area (Å²) in [4.78, 5) is 28.7. The molecule has 1 aromatic carbocycles. The minimum atomic E-state index is -0.462. The van der Waals surface area contributed by atoms with Gasteiger partial charge < -0.3 is 19.9 Å². The lowest BCUT2D eigenvalue weighted by molar-refractivity contribution is -0.132. The minimum absolute atomic E-state index is 0.00476. The Kier molecular flexibility index (Phi) is 5.99.